The topological polar surface area (TPSA) is 57.8 Å². The predicted octanol–water partition coefficient (Wildman–Crippen LogP) is 4.13. The lowest BCUT2D eigenvalue weighted by Gasteiger charge is -2.04. The third kappa shape index (κ3) is 3.06. The molecular formula is C18H17N3O. The molecule has 0 atom stereocenters. The van der Waals surface area contributed by atoms with Gasteiger partial charge in [0.1, 0.15) is 5.82 Å². The second-order valence-corrected chi connectivity index (χ2v) is 5.00. The van der Waals surface area contributed by atoms with E-state index in [1.807, 2.05) is 67.6 Å². The van der Waals surface area contributed by atoms with Crippen molar-refractivity contribution in [3.05, 3.63) is 60.7 Å². The summed E-state index contributed by atoms with van der Waals surface area (Å²) in [7, 11) is 0. The number of nitrogens with one attached hydrogen (secondary N) is 2. The fraction of sp³-hybridized carbons (Fsp3) is 0.111. The smallest absolute Gasteiger partial charge is 0.228 e. The average molecular weight is 291 g/mol. The second kappa shape index (κ2) is 6.26. The van der Waals surface area contributed by atoms with Crippen LogP contribution in [0.4, 0.5) is 5.69 Å². The molecule has 0 radical (unpaired) electrons. The summed E-state index contributed by atoms with van der Waals surface area (Å²) in [6.45, 7) is 1.90. The van der Waals surface area contributed by atoms with E-state index in [-0.39, 0.29) is 5.91 Å². The number of fused-ring (bicyclic) bond motifs is 1. The van der Waals surface area contributed by atoms with E-state index < -0.39 is 0 Å². The van der Waals surface area contributed by atoms with Crippen LogP contribution in [-0.2, 0) is 4.79 Å². The van der Waals surface area contributed by atoms with Crippen LogP contribution in [0.5, 0.6) is 0 Å². The number of aromatic nitrogens is 2. The first-order valence-electron chi connectivity index (χ1n) is 7.22. The molecule has 4 heteroatoms. The van der Waals surface area contributed by atoms with Gasteiger partial charge in [0.25, 0.3) is 0 Å². The number of hydrogen-bond donors (Lipinski definition) is 2. The van der Waals surface area contributed by atoms with E-state index in [1.165, 1.54) is 0 Å². The Labute approximate surface area is 128 Å². The fourth-order valence-corrected chi connectivity index (χ4v) is 2.24. The van der Waals surface area contributed by atoms with Gasteiger partial charge < -0.3 is 10.3 Å². The normalized spacial score (nSPS) is 11.1. The zero-order valence-electron chi connectivity index (χ0n) is 12.3. The van der Waals surface area contributed by atoms with E-state index in [1.54, 1.807) is 0 Å². The third-order valence-corrected chi connectivity index (χ3v) is 3.37. The number of anilines is 1. The predicted molar refractivity (Wildman–Crippen MR) is 89.6 cm³/mol. The van der Waals surface area contributed by atoms with Crippen molar-refractivity contribution in [2.45, 2.75) is 13.3 Å². The van der Waals surface area contributed by atoms with Gasteiger partial charge in [-0.1, -0.05) is 24.3 Å². The Bertz CT molecular complexity index is 783. The van der Waals surface area contributed by atoms with Gasteiger partial charge in [-0.3, -0.25) is 4.79 Å². The summed E-state index contributed by atoms with van der Waals surface area (Å²) in [6.07, 6.45) is 4.09. The summed E-state index contributed by atoms with van der Waals surface area (Å²) in [5, 5.41) is 2.86. The Morgan fingerprint density at radius 1 is 1.18 bits per heavy atom. The molecule has 1 amide bonds. The molecular weight excluding hydrogens is 274 g/mol. The van der Waals surface area contributed by atoms with Crippen LogP contribution in [0, 0.1) is 0 Å². The van der Waals surface area contributed by atoms with E-state index >= 15 is 0 Å². The molecule has 1 heterocycles. The Balaban J connectivity index is 1.77. The molecule has 110 valence electrons. The molecule has 0 saturated heterocycles. The van der Waals surface area contributed by atoms with Gasteiger partial charge in [-0.25, -0.2) is 4.98 Å². The minimum atomic E-state index is -0.0189. The third-order valence-electron chi connectivity index (χ3n) is 3.37. The van der Waals surface area contributed by atoms with Crippen LogP contribution < -0.4 is 5.32 Å². The molecule has 2 N–H and O–H groups in total. The van der Waals surface area contributed by atoms with Gasteiger partial charge in [0.2, 0.25) is 5.91 Å². The highest BCUT2D eigenvalue weighted by atomic mass is 16.1. The lowest BCUT2D eigenvalue weighted by atomic mass is 10.2. The maximum Gasteiger partial charge on any atom is 0.228 e. The molecule has 22 heavy (non-hydrogen) atoms. The van der Waals surface area contributed by atoms with Gasteiger partial charge in [0, 0.05) is 17.7 Å². The zero-order chi connectivity index (χ0) is 15.4. The molecule has 3 rings (SSSR count). The molecule has 0 fully saturated rings. The number of carbonyl (C=O) groups excluding carboxylic acids is 1. The van der Waals surface area contributed by atoms with Crippen LogP contribution in [0.2, 0.25) is 0 Å². The number of rotatable bonds is 4. The summed E-state index contributed by atoms with van der Waals surface area (Å²) >= 11 is 0. The van der Waals surface area contributed by atoms with Crippen LogP contribution in [0.3, 0.4) is 0 Å². The number of amides is 1. The quantitative estimate of drug-likeness (QED) is 0.710. The Hall–Kier alpha value is -2.88. The highest BCUT2D eigenvalue weighted by Gasteiger charge is 2.05. The van der Waals surface area contributed by atoms with Crippen molar-refractivity contribution in [3.63, 3.8) is 0 Å². The molecule has 0 spiro atoms. The maximum atomic E-state index is 11.7. The molecule has 0 aliphatic carbocycles. The Kier molecular flexibility index (Phi) is 4.01. The molecule has 4 nitrogen and oxygen atoms in total. The summed E-state index contributed by atoms with van der Waals surface area (Å²) in [5.41, 5.74) is 3.74. The summed E-state index contributed by atoms with van der Waals surface area (Å²) in [4.78, 5) is 19.5. The number of hydrogen-bond acceptors (Lipinski definition) is 2. The van der Waals surface area contributed by atoms with Gasteiger partial charge in [-0.15, -0.1) is 0 Å². The SMILES string of the molecule is CC=CCC(=O)Nc1ccc(-c2nc3ccccc3[nH]2)cc1. The molecule has 0 aliphatic heterocycles. The van der Waals surface area contributed by atoms with Crippen molar-refractivity contribution in [2.24, 2.45) is 0 Å². The Morgan fingerprint density at radius 3 is 2.68 bits per heavy atom. The van der Waals surface area contributed by atoms with Gasteiger partial charge in [-0.05, 0) is 43.3 Å². The van der Waals surface area contributed by atoms with E-state index in [0.717, 1.165) is 28.1 Å². The van der Waals surface area contributed by atoms with E-state index in [4.69, 9.17) is 0 Å². The number of carbonyl (C=O) groups is 1. The molecule has 0 unspecified atom stereocenters. The molecule has 3 aromatic rings. The minimum absolute atomic E-state index is 0.0189. The average Bonchev–Trinajstić information content (AvgIpc) is 2.97. The Morgan fingerprint density at radius 2 is 1.95 bits per heavy atom. The maximum absolute atomic E-state index is 11.7. The van der Waals surface area contributed by atoms with Crippen LogP contribution in [-0.4, -0.2) is 15.9 Å². The lowest BCUT2D eigenvalue weighted by Crippen LogP contribution is -2.09. The lowest BCUT2D eigenvalue weighted by molar-refractivity contribution is -0.115. The van der Waals surface area contributed by atoms with Gasteiger partial charge in [-0.2, -0.15) is 0 Å². The highest BCUT2D eigenvalue weighted by molar-refractivity contribution is 5.92. The first-order chi connectivity index (χ1) is 10.8. The first kappa shape index (κ1) is 14.1. The molecule has 1 aromatic heterocycles. The standard InChI is InChI=1S/C18H17N3O/c1-2-3-8-17(22)19-14-11-9-13(10-12-14)18-20-15-6-4-5-7-16(15)21-18/h2-7,9-12H,8H2,1H3,(H,19,22)(H,20,21). The number of H-pyrrole nitrogens is 1. The second-order valence-electron chi connectivity index (χ2n) is 5.00. The van der Waals surface area contributed by atoms with E-state index in [0.29, 0.717) is 6.42 Å². The van der Waals surface area contributed by atoms with Crippen molar-refractivity contribution in [1.29, 1.82) is 0 Å². The molecule has 0 bridgehead atoms. The number of nitrogens with zero attached hydrogens (tertiary/aromatic N) is 1. The number of benzene rings is 2. The van der Waals surface area contributed by atoms with Crippen LogP contribution in [0.25, 0.3) is 22.4 Å². The van der Waals surface area contributed by atoms with Crippen molar-refractivity contribution in [2.75, 3.05) is 5.32 Å². The van der Waals surface area contributed by atoms with Crippen molar-refractivity contribution < 1.29 is 4.79 Å². The molecule has 2 aromatic carbocycles. The fourth-order valence-electron chi connectivity index (χ4n) is 2.24. The van der Waals surface area contributed by atoms with E-state index in [9.17, 15) is 4.79 Å². The van der Waals surface area contributed by atoms with Crippen LogP contribution in [0.1, 0.15) is 13.3 Å². The number of para-hydroxylation sites is 2. The van der Waals surface area contributed by atoms with Crippen molar-refractivity contribution in [3.8, 4) is 11.4 Å². The number of aromatic amines is 1. The van der Waals surface area contributed by atoms with Crippen molar-refractivity contribution in [1.82, 2.24) is 9.97 Å². The van der Waals surface area contributed by atoms with Crippen molar-refractivity contribution >= 4 is 22.6 Å². The summed E-state index contributed by atoms with van der Waals surface area (Å²) < 4.78 is 0. The van der Waals surface area contributed by atoms with E-state index in [2.05, 4.69) is 15.3 Å². The number of allylic oxidation sites excluding steroid dienone is 1. The van der Waals surface area contributed by atoms with Gasteiger partial charge in [0.05, 0.1) is 11.0 Å². The van der Waals surface area contributed by atoms with Crippen LogP contribution in [0.15, 0.2) is 60.7 Å². The first-order valence-corrected chi connectivity index (χ1v) is 7.22. The largest absolute Gasteiger partial charge is 0.338 e. The summed E-state index contributed by atoms with van der Waals surface area (Å²) in [6, 6.07) is 15.6. The molecule has 0 aliphatic rings. The monoisotopic (exact) mass is 291 g/mol. The highest BCUT2D eigenvalue weighted by Crippen LogP contribution is 2.22. The van der Waals surface area contributed by atoms with Gasteiger partial charge in [0.15, 0.2) is 0 Å². The minimum Gasteiger partial charge on any atom is -0.338 e. The zero-order valence-corrected chi connectivity index (χ0v) is 12.3. The van der Waals surface area contributed by atoms with Crippen LogP contribution >= 0.6 is 0 Å². The number of imidazole rings is 1. The summed E-state index contributed by atoms with van der Waals surface area (Å²) in [5.74, 6) is 0.808. The molecule has 0 saturated carbocycles. The van der Waals surface area contributed by atoms with Gasteiger partial charge >= 0.3 is 0 Å².